The smallest absolute Gasteiger partial charge is 0.268 e. The third-order valence-corrected chi connectivity index (χ3v) is 9.57. The fraction of sp³-hybridized carbons (Fsp3) is 0.0227. The quantitative estimate of drug-likeness (QED) is 0.178. The Morgan fingerprint density at radius 2 is 1.20 bits per heavy atom. The number of anilines is 1. The number of imide groups is 1. The molecule has 0 atom stereocenters. The van der Waals surface area contributed by atoms with Crippen molar-refractivity contribution >= 4 is 39.3 Å². The van der Waals surface area contributed by atoms with Gasteiger partial charge in [-0.25, -0.2) is 4.90 Å². The van der Waals surface area contributed by atoms with E-state index < -0.39 is 0 Å². The zero-order chi connectivity index (χ0) is 33.1. The molecule has 5 heteroatoms. The van der Waals surface area contributed by atoms with Crippen LogP contribution in [0.15, 0.2) is 158 Å². The molecule has 0 spiro atoms. The van der Waals surface area contributed by atoms with Gasteiger partial charge >= 0.3 is 0 Å². The van der Waals surface area contributed by atoms with Crippen LogP contribution in [0.3, 0.4) is 0 Å². The normalized spacial score (nSPS) is 12.6. The third-order valence-electron chi connectivity index (χ3n) is 9.57. The maximum Gasteiger partial charge on any atom is 0.268 e. The van der Waals surface area contributed by atoms with Gasteiger partial charge in [-0.1, -0.05) is 115 Å². The number of rotatable bonds is 5. The van der Waals surface area contributed by atoms with Gasteiger partial charge in [0.25, 0.3) is 11.8 Å². The van der Waals surface area contributed by atoms with Crippen molar-refractivity contribution in [1.82, 2.24) is 9.55 Å². The van der Waals surface area contributed by atoms with Crippen molar-refractivity contribution in [3.63, 3.8) is 0 Å². The minimum absolute atomic E-state index is 0.338. The number of carbonyl (C=O) groups is 2. The predicted octanol–water partition coefficient (Wildman–Crippen LogP) is 10.3. The SMILES string of the molecule is Cc1cnccc1-c1cccc2c3ccccc3n(-c3cccc4c3C(=O)N(c3cc(-c5ccccc5)ccc3-c3ccccc3)C4=O)c12. The topological polar surface area (TPSA) is 55.2 Å². The Hall–Kier alpha value is -6.59. The largest absolute Gasteiger partial charge is 0.308 e. The maximum absolute atomic E-state index is 14.9. The Morgan fingerprint density at radius 3 is 2.00 bits per heavy atom. The molecule has 0 saturated carbocycles. The molecule has 1 aliphatic heterocycles. The minimum atomic E-state index is -0.346. The van der Waals surface area contributed by atoms with Crippen molar-refractivity contribution in [2.45, 2.75) is 6.92 Å². The molecule has 0 fully saturated rings. The van der Waals surface area contributed by atoms with E-state index in [0.717, 1.165) is 60.8 Å². The summed E-state index contributed by atoms with van der Waals surface area (Å²) in [5.74, 6) is -0.684. The first-order chi connectivity index (χ1) is 24.1. The second kappa shape index (κ2) is 11.3. The maximum atomic E-state index is 14.9. The molecule has 9 rings (SSSR count). The second-order valence-electron chi connectivity index (χ2n) is 12.4. The number of fused-ring (bicyclic) bond motifs is 4. The van der Waals surface area contributed by atoms with E-state index in [4.69, 9.17) is 0 Å². The summed E-state index contributed by atoms with van der Waals surface area (Å²) in [6, 6.07) is 48.1. The number of nitrogens with zero attached hydrogens (tertiary/aromatic N) is 3. The fourth-order valence-electron chi connectivity index (χ4n) is 7.32. The number of benzene rings is 6. The molecule has 0 N–H and O–H groups in total. The molecule has 6 aromatic carbocycles. The van der Waals surface area contributed by atoms with Gasteiger partial charge in [-0.2, -0.15) is 0 Å². The molecule has 2 amide bonds. The fourth-order valence-corrected chi connectivity index (χ4v) is 7.32. The molecule has 0 bridgehead atoms. The number of carbonyl (C=O) groups excluding carboxylic acids is 2. The van der Waals surface area contributed by atoms with Gasteiger partial charge in [-0.05, 0) is 65.1 Å². The molecule has 5 nitrogen and oxygen atoms in total. The lowest BCUT2D eigenvalue weighted by Gasteiger charge is -2.20. The lowest BCUT2D eigenvalue weighted by atomic mass is 9.97. The predicted molar refractivity (Wildman–Crippen MR) is 197 cm³/mol. The van der Waals surface area contributed by atoms with Gasteiger partial charge in [0.2, 0.25) is 0 Å². The lowest BCUT2D eigenvalue weighted by Crippen LogP contribution is -2.30. The second-order valence-corrected chi connectivity index (χ2v) is 12.4. The van der Waals surface area contributed by atoms with Crippen LogP contribution in [0.5, 0.6) is 0 Å². The number of para-hydroxylation sites is 2. The summed E-state index contributed by atoms with van der Waals surface area (Å²) in [6.45, 7) is 2.06. The first-order valence-corrected chi connectivity index (χ1v) is 16.3. The van der Waals surface area contributed by atoms with Gasteiger partial charge in [-0.3, -0.25) is 14.6 Å². The number of pyridine rings is 1. The van der Waals surface area contributed by atoms with Crippen molar-refractivity contribution in [2.75, 3.05) is 4.90 Å². The van der Waals surface area contributed by atoms with Gasteiger partial charge in [0.15, 0.2) is 0 Å². The summed E-state index contributed by atoms with van der Waals surface area (Å²) >= 11 is 0. The highest BCUT2D eigenvalue weighted by Crippen LogP contribution is 2.43. The van der Waals surface area contributed by atoms with Crippen LogP contribution in [0.4, 0.5) is 5.69 Å². The van der Waals surface area contributed by atoms with Crippen molar-refractivity contribution in [1.29, 1.82) is 0 Å². The molecule has 8 aromatic rings. The molecule has 49 heavy (non-hydrogen) atoms. The molecule has 0 unspecified atom stereocenters. The molecule has 1 aliphatic rings. The molecule has 0 aliphatic carbocycles. The molecular formula is C44H29N3O2. The van der Waals surface area contributed by atoms with Crippen molar-refractivity contribution in [2.24, 2.45) is 0 Å². The van der Waals surface area contributed by atoms with E-state index in [9.17, 15) is 9.59 Å². The highest BCUT2D eigenvalue weighted by atomic mass is 16.2. The Labute approximate surface area is 283 Å². The van der Waals surface area contributed by atoms with E-state index in [1.54, 1.807) is 6.07 Å². The molecule has 0 radical (unpaired) electrons. The summed E-state index contributed by atoms with van der Waals surface area (Å²) in [4.78, 5) is 35.1. The van der Waals surface area contributed by atoms with Gasteiger partial charge in [0.05, 0.1) is 33.5 Å². The van der Waals surface area contributed by atoms with E-state index in [0.29, 0.717) is 22.5 Å². The standard InChI is InChI=1S/C44H29N3O2/c1-28-27-45-25-24-32(28)35-17-10-18-36-34-16-8-9-20-38(34)46(42(35)36)39-21-11-19-37-41(39)44(49)47(43(37)48)40-26-31(29-12-4-2-5-13-29)22-23-33(40)30-14-6-3-7-15-30/h2-27H,1H3. The van der Waals surface area contributed by atoms with Crippen molar-refractivity contribution in [3.8, 4) is 39.1 Å². The monoisotopic (exact) mass is 631 g/mol. The first-order valence-electron chi connectivity index (χ1n) is 16.3. The van der Waals surface area contributed by atoms with Crippen LogP contribution in [0.25, 0.3) is 60.9 Å². The van der Waals surface area contributed by atoms with Gasteiger partial charge in [0.1, 0.15) is 0 Å². The summed E-state index contributed by atoms with van der Waals surface area (Å²) in [5.41, 5.74) is 10.7. The van der Waals surface area contributed by atoms with Crippen molar-refractivity contribution in [3.05, 3.63) is 175 Å². The highest BCUT2D eigenvalue weighted by molar-refractivity contribution is 6.36. The van der Waals surface area contributed by atoms with Crippen molar-refractivity contribution < 1.29 is 9.59 Å². The lowest BCUT2D eigenvalue weighted by molar-refractivity contribution is 0.0926. The zero-order valence-corrected chi connectivity index (χ0v) is 26.7. The van der Waals surface area contributed by atoms with E-state index in [1.807, 2.05) is 122 Å². The average Bonchev–Trinajstić information content (AvgIpc) is 3.63. The van der Waals surface area contributed by atoms with Crippen LogP contribution in [0, 0.1) is 6.92 Å². The number of amides is 2. The Bertz CT molecular complexity index is 2600. The van der Waals surface area contributed by atoms with E-state index in [1.165, 1.54) is 4.90 Å². The average molecular weight is 632 g/mol. The first kappa shape index (κ1) is 28.6. The number of hydrogen-bond donors (Lipinski definition) is 0. The van der Waals surface area contributed by atoms with E-state index >= 15 is 0 Å². The van der Waals surface area contributed by atoms with Crippen LogP contribution in [-0.4, -0.2) is 21.4 Å². The minimum Gasteiger partial charge on any atom is -0.308 e. The Kier molecular flexibility index (Phi) is 6.59. The van der Waals surface area contributed by atoms with Crippen LogP contribution >= 0.6 is 0 Å². The van der Waals surface area contributed by atoms with Crippen LogP contribution in [0.2, 0.25) is 0 Å². The molecule has 232 valence electrons. The van der Waals surface area contributed by atoms with Crippen LogP contribution in [0.1, 0.15) is 26.3 Å². The Balaban J connectivity index is 1.29. The summed E-state index contributed by atoms with van der Waals surface area (Å²) in [5, 5.41) is 2.14. The van der Waals surface area contributed by atoms with E-state index in [2.05, 4.69) is 46.8 Å². The number of aromatic nitrogens is 2. The van der Waals surface area contributed by atoms with Crippen LogP contribution in [-0.2, 0) is 0 Å². The van der Waals surface area contributed by atoms with Gasteiger partial charge in [-0.15, -0.1) is 0 Å². The Morgan fingerprint density at radius 1 is 0.510 bits per heavy atom. The molecule has 2 aromatic heterocycles. The van der Waals surface area contributed by atoms with Gasteiger partial charge in [0, 0.05) is 34.3 Å². The molecular weight excluding hydrogens is 603 g/mol. The molecule has 3 heterocycles. The highest BCUT2D eigenvalue weighted by Gasteiger charge is 2.40. The number of hydrogen-bond acceptors (Lipinski definition) is 3. The number of aryl methyl sites for hydroxylation is 1. The van der Waals surface area contributed by atoms with Crippen LogP contribution < -0.4 is 4.90 Å². The summed E-state index contributed by atoms with van der Waals surface area (Å²) < 4.78 is 2.16. The molecule has 0 saturated heterocycles. The van der Waals surface area contributed by atoms with E-state index in [-0.39, 0.29) is 11.8 Å². The zero-order valence-electron chi connectivity index (χ0n) is 26.7. The third kappa shape index (κ3) is 4.44. The summed E-state index contributed by atoms with van der Waals surface area (Å²) in [6.07, 6.45) is 3.68. The van der Waals surface area contributed by atoms with Gasteiger partial charge < -0.3 is 4.57 Å². The summed E-state index contributed by atoms with van der Waals surface area (Å²) in [7, 11) is 0.